The zero-order chi connectivity index (χ0) is 10.6. The maximum atomic E-state index is 10.9. The molecular weight excluding hydrogens is 198 g/mol. The smallest absolute Gasteiger partial charge is 0.409 e. The van der Waals surface area contributed by atoms with E-state index in [1.165, 1.54) is 4.90 Å². The summed E-state index contributed by atoms with van der Waals surface area (Å²) in [6, 6.07) is 0. The van der Waals surface area contributed by atoms with Crippen LogP contribution in [0.1, 0.15) is 33.1 Å². The molecule has 0 saturated carbocycles. The van der Waals surface area contributed by atoms with Gasteiger partial charge < -0.3 is 9.53 Å². The largest absolute Gasteiger partial charge is 0.465 e. The molecule has 0 radical (unpaired) electrons. The SMILES string of the molecule is CC(C)[SiH2]OC1CCCCN1C(=O)O. The van der Waals surface area contributed by atoms with E-state index >= 15 is 0 Å². The summed E-state index contributed by atoms with van der Waals surface area (Å²) < 4.78 is 5.70. The predicted molar refractivity (Wildman–Crippen MR) is 57.1 cm³/mol. The third-order valence-electron chi connectivity index (χ3n) is 2.32. The Bertz CT molecular complexity index is 198. The number of likely N-dealkylation sites (tertiary alicyclic amines) is 1. The van der Waals surface area contributed by atoms with E-state index in [2.05, 4.69) is 13.8 Å². The molecule has 1 amide bonds. The number of amides is 1. The molecule has 0 aromatic rings. The molecule has 1 aliphatic heterocycles. The molecule has 1 rings (SSSR count). The fourth-order valence-corrected chi connectivity index (χ4v) is 2.55. The van der Waals surface area contributed by atoms with Gasteiger partial charge in [-0.3, -0.25) is 4.90 Å². The van der Waals surface area contributed by atoms with Crippen LogP contribution in [-0.2, 0) is 4.43 Å². The minimum absolute atomic E-state index is 0.157. The monoisotopic (exact) mass is 217 g/mol. The average Bonchev–Trinajstić information content (AvgIpc) is 2.15. The lowest BCUT2D eigenvalue weighted by Gasteiger charge is -2.33. The van der Waals surface area contributed by atoms with Crippen molar-refractivity contribution >= 4 is 15.9 Å². The van der Waals surface area contributed by atoms with E-state index in [-0.39, 0.29) is 6.23 Å². The first-order chi connectivity index (χ1) is 6.61. The molecule has 1 unspecified atom stereocenters. The van der Waals surface area contributed by atoms with Crippen molar-refractivity contribution in [2.45, 2.75) is 44.9 Å². The topological polar surface area (TPSA) is 49.8 Å². The van der Waals surface area contributed by atoms with Crippen LogP contribution in [-0.4, -0.2) is 38.6 Å². The lowest BCUT2D eigenvalue weighted by molar-refractivity contribution is 0.00686. The second-order valence-corrected chi connectivity index (χ2v) is 6.45. The molecule has 1 aliphatic rings. The molecule has 0 aromatic carbocycles. The summed E-state index contributed by atoms with van der Waals surface area (Å²) in [6.07, 6.45) is 1.92. The van der Waals surface area contributed by atoms with Crippen LogP contribution in [0.15, 0.2) is 0 Å². The van der Waals surface area contributed by atoms with Gasteiger partial charge in [-0.1, -0.05) is 13.8 Å². The molecule has 1 heterocycles. The van der Waals surface area contributed by atoms with Crippen molar-refractivity contribution in [3.05, 3.63) is 0 Å². The van der Waals surface area contributed by atoms with Crippen molar-refractivity contribution in [3.8, 4) is 0 Å². The highest BCUT2D eigenvalue weighted by Gasteiger charge is 2.26. The van der Waals surface area contributed by atoms with Crippen molar-refractivity contribution in [2.75, 3.05) is 6.54 Å². The lowest BCUT2D eigenvalue weighted by atomic mass is 10.1. The minimum Gasteiger partial charge on any atom is -0.465 e. The van der Waals surface area contributed by atoms with Crippen LogP contribution in [0, 0.1) is 0 Å². The van der Waals surface area contributed by atoms with E-state index in [0.29, 0.717) is 12.1 Å². The van der Waals surface area contributed by atoms with Crippen molar-refractivity contribution < 1.29 is 14.3 Å². The second kappa shape index (κ2) is 5.36. The molecular formula is C9H19NO3Si. The van der Waals surface area contributed by atoms with Gasteiger partial charge in [0.2, 0.25) is 0 Å². The normalized spacial score (nSPS) is 23.6. The molecule has 0 bridgehead atoms. The Balaban J connectivity index is 2.42. The van der Waals surface area contributed by atoms with Gasteiger partial charge in [0.05, 0.1) is 0 Å². The van der Waals surface area contributed by atoms with Crippen LogP contribution < -0.4 is 0 Å². The van der Waals surface area contributed by atoms with Gasteiger partial charge in [-0.15, -0.1) is 0 Å². The molecule has 0 spiro atoms. The van der Waals surface area contributed by atoms with E-state index in [0.717, 1.165) is 19.3 Å². The standard InChI is InChI=1S/C9H19NO3Si/c1-7(2)14-13-8-5-3-4-6-10(8)9(11)12/h7-8H,3-6,14H2,1-2H3,(H,11,12). The summed E-state index contributed by atoms with van der Waals surface area (Å²) in [5.41, 5.74) is 0.590. The van der Waals surface area contributed by atoms with Gasteiger partial charge in [0.1, 0.15) is 6.23 Å². The molecule has 0 aromatic heterocycles. The number of carboxylic acid groups (broad SMARTS) is 1. The Morgan fingerprint density at radius 2 is 2.29 bits per heavy atom. The van der Waals surface area contributed by atoms with Crippen molar-refractivity contribution in [2.24, 2.45) is 0 Å². The summed E-state index contributed by atoms with van der Waals surface area (Å²) in [7, 11) is -0.568. The van der Waals surface area contributed by atoms with Crippen molar-refractivity contribution in [1.82, 2.24) is 4.90 Å². The number of rotatable bonds is 3. The van der Waals surface area contributed by atoms with Crippen LogP contribution in [0.25, 0.3) is 0 Å². The van der Waals surface area contributed by atoms with Crippen LogP contribution in [0.3, 0.4) is 0 Å². The highest BCUT2D eigenvalue weighted by Crippen LogP contribution is 2.18. The highest BCUT2D eigenvalue weighted by atomic mass is 28.2. The molecule has 4 nitrogen and oxygen atoms in total. The molecule has 0 aliphatic carbocycles. The van der Waals surface area contributed by atoms with Crippen LogP contribution in [0.5, 0.6) is 0 Å². The highest BCUT2D eigenvalue weighted by molar-refractivity contribution is 6.29. The van der Waals surface area contributed by atoms with Gasteiger partial charge in [-0.25, -0.2) is 4.79 Å². The number of nitrogens with zero attached hydrogens (tertiary/aromatic N) is 1. The molecule has 5 heteroatoms. The number of hydrogen-bond donors (Lipinski definition) is 1. The van der Waals surface area contributed by atoms with E-state index < -0.39 is 15.9 Å². The number of piperidine rings is 1. The molecule has 1 atom stereocenters. The summed E-state index contributed by atoms with van der Waals surface area (Å²) in [5, 5.41) is 8.94. The average molecular weight is 217 g/mol. The summed E-state index contributed by atoms with van der Waals surface area (Å²) in [4.78, 5) is 12.3. The molecule has 1 fully saturated rings. The van der Waals surface area contributed by atoms with E-state index in [1.54, 1.807) is 0 Å². The fourth-order valence-electron chi connectivity index (χ4n) is 1.60. The Morgan fingerprint density at radius 1 is 1.57 bits per heavy atom. The third kappa shape index (κ3) is 3.30. The first-order valence-corrected chi connectivity index (χ1v) is 6.62. The molecule has 1 N–H and O–H groups in total. The fraction of sp³-hybridized carbons (Fsp3) is 0.889. The van der Waals surface area contributed by atoms with Gasteiger partial charge >= 0.3 is 6.09 Å². The van der Waals surface area contributed by atoms with E-state index in [1.807, 2.05) is 0 Å². The van der Waals surface area contributed by atoms with Crippen molar-refractivity contribution in [3.63, 3.8) is 0 Å². The number of carbonyl (C=O) groups is 1. The van der Waals surface area contributed by atoms with Crippen LogP contribution in [0.4, 0.5) is 4.79 Å². The van der Waals surface area contributed by atoms with Gasteiger partial charge in [0.15, 0.2) is 9.76 Å². The van der Waals surface area contributed by atoms with Crippen LogP contribution >= 0.6 is 0 Å². The first-order valence-electron chi connectivity index (χ1n) is 5.22. The van der Waals surface area contributed by atoms with E-state index in [4.69, 9.17) is 9.53 Å². The zero-order valence-electron chi connectivity index (χ0n) is 8.90. The maximum Gasteiger partial charge on any atom is 0.409 e. The Labute approximate surface area is 87.2 Å². The molecule has 82 valence electrons. The van der Waals surface area contributed by atoms with Gasteiger partial charge in [0.25, 0.3) is 0 Å². The van der Waals surface area contributed by atoms with Crippen LogP contribution in [0.2, 0.25) is 5.54 Å². The predicted octanol–water partition coefficient (Wildman–Crippen LogP) is 1.41. The summed E-state index contributed by atoms with van der Waals surface area (Å²) >= 11 is 0. The van der Waals surface area contributed by atoms with Gasteiger partial charge in [0, 0.05) is 6.54 Å². The Morgan fingerprint density at radius 3 is 2.86 bits per heavy atom. The Hall–Kier alpha value is -0.553. The zero-order valence-corrected chi connectivity index (χ0v) is 10.3. The summed E-state index contributed by atoms with van der Waals surface area (Å²) in [5.74, 6) is 0. The lowest BCUT2D eigenvalue weighted by Crippen LogP contribution is -2.45. The van der Waals surface area contributed by atoms with E-state index in [9.17, 15) is 4.79 Å². The third-order valence-corrected chi connectivity index (χ3v) is 3.56. The summed E-state index contributed by atoms with van der Waals surface area (Å²) in [6.45, 7) is 4.88. The van der Waals surface area contributed by atoms with Gasteiger partial charge in [-0.05, 0) is 24.8 Å². The molecule has 1 saturated heterocycles. The Kier molecular flexibility index (Phi) is 4.41. The number of hydrogen-bond acceptors (Lipinski definition) is 2. The maximum absolute atomic E-state index is 10.9. The second-order valence-electron chi connectivity index (χ2n) is 4.15. The first kappa shape index (κ1) is 11.5. The van der Waals surface area contributed by atoms with Crippen molar-refractivity contribution in [1.29, 1.82) is 0 Å². The van der Waals surface area contributed by atoms with Gasteiger partial charge in [-0.2, -0.15) is 0 Å². The minimum atomic E-state index is -0.840. The molecule has 14 heavy (non-hydrogen) atoms. The quantitative estimate of drug-likeness (QED) is 0.727.